The number of amides is 2. The number of alkyl halides is 3. The van der Waals surface area contributed by atoms with Crippen molar-refractivity contribution in [2.24, 2.45) is 11.8 Å². The molecular weight excluding hydrogens is 359 g/mol. The molecule has 138 valence electrons. The van der Waals surface area contributed by atoms with Crippen molar-refractivity contribution in [1.29, 1.82) is 5.26 Å². The van der Waals surface area contributed by atoms with Crippen LogP contribution in [0.5, 0.6) is 0 Å². The SMILES string of the molecule is N#Cc1cccc(NC(=O)C2CC2C(=O)Nc2cccc(C(F)(F)F)c2)c1. The number of rotatable bonds is 4. The largest absolute Gasteiger partial charge is 0.416 e. The minimum atomic E-state index is -4.50. The predicted molar refractivity (Wildman–Crippen MR) is 91.5 cm³/mol. The van der Waals surface area contributed by atoms with Crippen LogP contribution in [0.15, 0.2) is 48.5 Å². The molecule has 2 unspecified atom stereocenters. The van der Waals surface area contributed by atoms with Crippen molar-refractivity contribution in [1.82, 2.24) is 0 Å². The van der Waals surface area contributed by atoms with Crippen molar-refractivity contribution in [3.05, 3.63) is 59.7 Å². The third-order valence-corrected chi connectivity index (χ3v) is 4.18. The molecule has 0 bridgehead atoms. The first-order valence-corrected chi connectivity index (χ1v) is 8.07. The van der Waals surface area contributed by atoms with Crippen molar-refractivity contribution >= 4 is 23.2 Å². The monoisotopic (exact) mass is 373 g/mol. The van der Waals surface area contributed by atoms with Gasteiger partial charge in [-0.15, -0.1) is 0 Å². The molecule has 0 saturated heterocycles. The zero-order valence-corrected chi connectivity index (χ0v) is 13.9. The highest BCUT2D eigenvalue weighted by Gasteiger charge is 2.48. The molecule has 0 heterocycles. The van der Waals surface area contributed by atoms with E-state index >= 15 is 0 Å². The maximum Gasteiger partial charge on any atom is 0.416 e. The molecule has 2 amide bonds. The molecule has 2 aromatic carbocycles. The molecule has 0 radical (unpaired) electrons. The first-order valence-electron chi connectivity index (χ1n) is 8.07. The molecule has 2 aromatic rings. The summed E-state index contributed by atoms with van der Waals surface area (Å²) in [7, 11) is 0. The summed E-state index contributed by atoms with van der Waals surface area (Å²) in [5, 5.41) is 13.9. The van der Waals surface area contributed by atoms with Gasteiger partial charge in [-0.2, -0.15) is 18.4 Å². The smallest absolute Gasteiger partial charge is 0.326 e. The van der Waals surface area contributed by atoms with E-state index in [1.807, 2.05) is 6.07 Å². The number of nitrogens with zero attached hydrogens (tertiary/aromatic N) is 1. The van der Waals surface area contributed by atoms with Crippen LogP contribution in [0.1, 0.15) is 17.5 Å². The summed E-state index contributed by atoms with van der Waals surface area (Å²) >= 11 is 0. The Bertz CT molecular complexity index is 934. The molecule has 0 spiro atoms. The van der Waals surface area contributed by atoms with E-state index in [2.05, 4.69) is 10.6 Å². The second-order valence-corrected chi connectivity index (χ2v) is 6.20. The van der Waals surface area contributed by atoms with Gasteiger partial charge in [0.25, 0.3) is 0 Å². The van der Waals surface area contributed by atoms with E-state index in [1.165, 1.54) is 18.2 Å². The lowest BCUT2D eigenvalue weighted by Gasteiger charge is -2.10. The van der Waals surface area contributed by atoms with Crippen molar-refractivity contribution in [2.75, 3.05) is 10.6 Å². The quantitative estimate of drug-likeness (QED) is 0.855. The molecule has 1 saturated carbocycles. The van der Waals surface area contributed by atoms with Crippen LogP contribution in [-0.4, -0.2) is 11.8 Å². The number of anilines is 2. The maximum atomic E-state index is 12.7. The van der Waals surface area contributed by atoms with Crippen LogP contribution in [-0.2, 0) is 15.8 Å². The Hall–Kier alpha value is -3.34. The van der Waals surface area contributed by atoms with Crippen LogP contribution >= 0.6 is 0 Å². The minimum Gasteiger partial charge on any atom is -0.326 e. The second kappa shape index (κ2) is 7.11. The van der Waals surface area contributed by atoms with E-state index < -0.39 is 29.5 Å². The van der Waals surface area contributed by atoms with Crippen LogP contribution in [0, 0.1) is 23.2 Å². The standard InChI is InChI=1S/C19H14F3N3O2/c20-19(21,22)12-4-2-6-14(8-12)25-18(27)16-9-15(16)17(26)24-13-5-1-3-11(7-13)10-23/h1-8,15-16H,9H2,(H,24,26)(H,25,27). The summed E-state index contributed by atoms with van der Waals surface area (Å²) in [5.41, 5.74) is 0.00999. The van der Waals surface area contributed by atoms with Crippen molar-refractivity contribution in [2.45, 2.75) is 12.6 Å². The summed E-state index contributed by atoms with van der Waals surface area (Å²) in [6.45, 7) is 0. The molecule has 0 aliphatic heterocycles. The molecule has 3 rings (SSSR count). The maximum absolute atomic E-state index is 12.7. The normalized spacial score (nSPS) is 18.3. The minimum absolute atomic E-state index is 0.0302. The van der Waals surface area contributed by atoms with Gasteiger partial charge < -0.3 is 10.6 Å². The van der Waals surface area contributed by atoms with Gasteiger partial charge in [0.05, 0.1) is 29.0 Å². The van der Waals surface area contributed by atoms with E-state index in [4.69, 9.17) is 5.26 Å². The number of carbonyl (C=O) groups excluding carboxylic acids is 2. The number of nitrogens with one attached hydrogen (secondary N) is 2. The van der Waals surface area contributed by atoms with Gasteiger partial charge in [0, 0.05) is 11.4 Å². The van der Waals surface area contributed by atoms with Gasteiger partial charge in [-0.25, -0.2) is 0 Å². The zero-order valence-electron chi connectivity index (χ0n) is 13.9. The van der Waals surface area contributed by atoms with E-state index in [0.717, 1.165) is 12.1 Å². The Morgan fingerprint density at radius 2 is 1.52 bits per heavy atom. The van der Waals surface area contributed by atoms with Crippen LogP contribution in [0.4, 0.5) is 24.5 Å². The summed E-state index contributed by atoms with van der Waals surface area (Å²) in [6.07, 6.45) is -4.19. The highest BCUT2D eigenvalue weighted by atomic mass is 19.4. The van der Waals surface area contributed by atoms with E-state index in [-0.39, 0.29) is 11.6 Å². The molecule has 27 heavy (non-hydrogen) atoms. The van der Waals surface area contributed by atoms with Gasteiger partial charge >= 0.3 is 6.18 Å². The van der Waals surface area contributed by atoms with E-state index in [0.29, 0.717) is 17.7 Å². The predicted octanol–water partition coefficient (Wildman–Crippen LogP) is 3.79. The highest BCUT2D eigenvalue weighted by molar-refractivity contribution is 6.03. The number of hydrogen-bond acceptors (Lipinski definition) is 3. The Balaban J connectivity index is 1.59. The fourth-order valence-corrected chi connectivity index (χ4v) is 2.68. The van der Waals surface area contributed by atoms with Crippen LogP contribution in [0.3, 0.4) is 0 Å². The number of nitriles is 1. The zero-order chi connectivity index (χ0) is 19.6. The molecule has 1 fully saturated rings. The van der Waals surface area contributed by atoms with Gasteiger partial charge in [-0.05, 0) is 42.8 Å². The highest BCUT2D eigenvalue weighted by Crippen LogP contribution is 2.40. The number of halogens is 3. The Labute approximate surface area is 152 Å². The van der Waals surface area contributed by atoms with Gasteiger partial charge in [0.1, 0.15) is 0 Å². The fourth-order valence-electron chi connectivity index (χ4n) is 2.68. The van der Waals surface area contributed by atoms with Gasteiger partial charge in [-0.3, -0.25) is 9.59 Å². The Morgan fingerprint density at radius 3 is 2.07 bits per heavy atom. The first-order chi connectivity index (χ1) is 12.8. The Kier molecular flexibility index (Phi) is 4.86. The van der Waals surface area contributed by atoms with Crippen molar-refractivity contribution in [3.8, 4) is 6.07 Å². The van der Waals surface area contributed by atoms with E-state index in [9.17, 15) is 22.8 Å². The number of hydrogen-bond donors (Lipinski definition) is 2. The van der Waals surface area contributed by atoms with Crippen LogP contribution in [0.2, 0.25) is 0 Å². The number of carbonyl (C=O) groups is 2. The lowest BCUT2D eigenvalue weighted by atomic mass is 10.2. The van der Waals surface area contributed by atoms with Crippen molar-refractivity contribution in [3.63, 3.8) is 0 Å². The van der Waals surface area contributed by atoms with Gasteiger partial charge in [0.15, 0.2) is 0 Å². The number of benzene rings is 2. The van der Waals surface area contributed by atoms with Gasteiger partial charge in [-0.1, -0.05) is 12.1 Å². The summed E-state index contributed by atoms with van der Waals surface area (Å²) in [5.74, 6) is -2.02. The Morgan fingerprint density at radius 1 is 0.963 bits per heavy atom. The summed E-state index contributed by atoms with van der Waals surface area (Å²) in [6, 6.07) is 12.6. The fraction of sp³-hybridized carbons (Fsp3) is 0.211. The first kappa shape index (κ1) is 18.5. The average molecular weight is 373 g/mol. The third kappa shape index (κ3) is 4.44. The molecule has 5 nitrogen and oxygen atoms in total. The lowest BCUT2D eigenvalue weighted by Crippen LogP contribution is -2.20. The molecule has 1 aliphatic rings. The second-order valence-electron chi connectivity index (χ2n) is 6.20. The lowest BCUT2D eigenvalue weighted by molar-refractivity contribution is -0.137. The molecule has 1 aliphatic carbocycles. The molecule has 0 aromatic heterocycles. The van der Waals surface area contributed by atoms with Crippen molar-refractivity contribution < 1.29 is 22.8 Å². The molecule has 8 heteroatoms. The van der Waals surface area contributed by atoms with Crippen LogP contribution in [0.25, 0.3) is 0 Å². The summed E-state index contributed by atoms with van der Waals surface area (Å²) in [4.78, 5) is 24.4. The molecule has 2 atom stereocenters. The van der Waals surface area contributed by atoms with Crippen LogP contribution < -0.4 is 10.6 Å². The summed E-state index contributed by atoms with van der Waals surface area (Å²) < 4.78 is 38.2. The molecule has 2 N–H and O–H groups in total. The molecular formula is C19H14F3N3O2. The third-order valence-electron chi connectivity index (χ3n) is 4.18. The van der Waals surface area contributed by atoms with Gasteiger partial charge in [0.2, 0.25) is 11.8 Å². The average Bonchev–Trinajstić information content (AvgIpc) is 3.42. The van der Waals surface area contributed by atoms with E-state index in [1.54, 1.807) is 18.2 Å². The topological polar surface area (TPSA) is 82.0 Å².